The maximum atomic E-state index is 11.2. The fourth-order valence-electron chi connectivity index (χ4n) is 2.77. The smallest absolute Gasteiger partial charge is 0.227 e. The molecule has 0 unspecified atom stereocenters. The number of amides is 1. The van der Waals surface area contributed by atoms with Gasteiger partial charge < -0.3 is 9.73 Å². The van der Waals surface area contributed by atoms with Crippen LogP contribution in [0, 0.1) is 0 Å². The van der Waals surface area contributed by atoms with Gasteiger partial charge in [-0.2, -0.15) is 0 Å². The number of aromatic nitrogens is 1. The van der Waals surface area contributed by atoms with Gasteiger partial charge in [0.15, 0.2) is 5.58 Å². The van der Waals surface area contributed by atoms with Crippen LogP contribution < -0.4 is 5.32 Å². The molecular formula is C21H16N2O2. The van der Waals surface area contributed by atoms with Crippen molar-refractivity contribution in [1.82, 2.24) is 4.98 Å². The number of nitrogens with one attached hydrogen (secondary N) is 1. The molecule has 0 saturated heterocycles. The molecule has 0 aliphatic carbocycles. The number of fused-ring (bicyclic) bond motifs is 1. The Hall–Kier alpha value is -3.40. The molecule has 25 heavy (non-hydrogen) atoms. The van der Waals surface area contributed by atoms with E-state index in [4.69, 9.17) is 4.42 Å². The van der Waals surface area contributed by atoms with Crippen LogP contribution in [0.2, 0.25) is 0 Å². The normalized spacial score (nSPS) is 10.8. The highest BCUT2D eigenvalue weighted by atomic mass is 16.3. The fourth-order valence-corrected chi connectivity index (χ4v) is 2.77. The van der Waals surface area contributed by atoms with Gasteiger partial charge in [-0.05, 0) is 41.5 Å². The molecule has 0 aliphatic rings. The molecule has 4 rings (SSSR count). The molecule has 0 fully saturated rings. The third kappa shape index (κ3) is 3.15. The first-order valence-electron chi connectivity index (χ1n) is 8.03. The average molecular weight is 328 g/mol. The van der Waals surface area contributed by atoms with Gasteiger partial charge in [-0.15, -0.1) is 0 Å². The van der Waals surface area contributed by atoms with Crippen molar-refractivity contribution in [1.29, 1.82) is 0 Å². The van der Waals surface area contributed by atoms with E-state index in [-0.39, 0.29) is 5.91 Å². The molecule has 1 amide bonds. The van der Waals surface area contributed by atoms with Crippen LogP contribution in [0.25, 0.3) is 33.7 Å². The van der Waals surface area contributed by atoms with Crippen LogP contribution in [0.4, 0.5) is 5.69 Å². The van der Waals surface area contributed by atoms with Crippen molar-refractivity contribution in [2.24, 2.45) is 0 Å². The van der Waals surface area contributed by atoms with E-state index in [1.807, 2.05) is 42.5 Å². The van der Waals surface area contributed by atoms with Gasteiger partial charge in [-0.3, -0.25) is 4.79 Å². The monoisotopic (exact) mass is 328 g/mol. The summed E-state index contributed by atoms with van der Waals surface area (Å²) in [5.74, 6) is 0.453. The number of anilines is 1. The second kappa shape index (κ2) is 6.24. The highest BCUT2D eigenvalue weighted by Crippen LogP contribution is 2.28. The fraction of sp³-hybridized carbons (Fsp3) is 0.0476. The SMILES string of the molecule is CC(=O)Nc1ccc2oc(-c3ccc(-c4ccccc4)cc3)nc2c1. The minimum absolute atomic E-state index is 0.112. The summed E-state index contributed by atoms with van der Waals surface area (Å²) in [6, 6.07) is 23.8. The molecule has 4 heteroatoms. The first-order chi connectivity index (χ1) is 12.2. The Balaban J connectivity index is 1.66. The van der Waals surface area contributed by atoms with Crippen LogP contribution in [0.3, 0.4) is 0 Å². The van der Waals surface area contributed by atoms with Gasteiger partial charge in [-0.1, -0.05) is 42.5 Å². The van der Waals surface area contributed by atoms with Crippen molar-refractivity contribution in [2.75, 3.05) is 5.32 Å². The Morgan fingerprint density at radius 2 is 1.56 bits per heavy atom. The van der Waals surface area contributed by atoms with Crippen molar-refractivity contribution in [3.8, 4) is 22.6 Å². The summed E-state index contributed by atoms with van der Waals surface area (Å²) in [7, 11) is 0. The molecular weight excluding hydrogens is 312 g/mol. The van der Waals surface area contributed by atoms with Crippen molar-refractivity contribution < 1.29 is 9.21 Å². The Bertz CT molecular complexity index is 1030. The van der Waals surface area contributed by atoms with E-state index in [0.29, 0.717) is 22.7 Å². The quantitative estimate of drug-likeness (QED) is 0.568. The third-order valence-corrected chi connectivity index (χ3v) is 3.95. The van der Waals surface area contributed by atoms with Gasteiger partial charge >= 0.3 is 0 Å². The summed E-state index contributed by atoms with van der Waals surface area (Å²) in [6.45, 7) is 1.48. The number of hydrogen-bond acceptors (Lipinski definition) is 3. The molecule has 0 spiro atoms. The lowest BCUT2D eigenvalue weighted by molar-refractivity contribution is -0.114. The lowest BCUT2D eigenvalue weighted by Crippen LogP contribution is -2.05. The summed E-state index contributed by atoms with van der Waals surface area (Å²) >= 11 is 0. The number of benzene rings is 3. The number of nitrogens with zero attached hydrogens (tertiary/aromatic N) is 1. The number of carbonyl (C=O) groups is 1. The van der Waals surface area contributed by atoms with Crippen LogP contribution in [0.15, 0.2) is 77.2 Å². The first kappa shape index (κ1) is 15.1. The van der Waals surface area contributed by atoms with Gasteiger partial charge in [0.2, 0.25) is 11.8 Å². The first-order valence-corrected chi connectivity index (χ1v) is 8.03. The topological polar surface area (TPSA) is 55.1 Å². The van der Waals surface area contributed by atoms with Gasteiger partial charge in [0.05, 0.1) is 0 Å². The predicted molar refractivity (Wildman–Crippen MR) is 99.2 cm³/mol. The standard InChI is InChI=1S/C21H16N2O2/c1-14(24)22-18-11-12-20-19(13-18)23-21(25-20)17-9-7-16(8-10-17)15-5-3-2-4-6-15/h2-13H,1H3,(H,22,24). The molecule has 1 heterocycles. The highest BCUT2D eigenvalue weighted by Gasteiger charge is 2.09. The average Bonchev–Trinajstić information content (AvgIpc) is 3.05. The Labute approximate surface area is 145 Å². The molecule has 0 saturated carbocycles. The number of oxazole rings is 1. The van der Waals surface area contributed by atoms with E-state index in [0.717, 1.165) is 11.1 Å². The number of rotatable bonds is 3. The maximum Gasteiger partial charge on any atom is 0.227 e. The third-order valence-electron chi connectivity index (χ3n) is 3.95. The van der Waals surface area contributed by atoms with Crippen LogP contribution in [0.5, 0.6) is 0 Å². The van der Waals surface area contributed by atoms with E-state index in [2.05, 4.69) is 34.6 Å². The minimum atomic E-state index is -0.112. The van der Waals surface area contributed by atoms with Crippen LogP contribution in [-0.2, 0) is 4.79 Å². The second-order valence-electron chi connectivity index (χ2n) is 5.83. The summed E-state index contributed by atoms with van der Waals surface area (Å²) in [5.41, 5.74) is 5.35. The van der Waals surface area contributed by atoms with E-state index in [9.17, 15) is 4.79 Å². The Kier molecular flexibility index (Phi) is 3.78. The van der Waals surface area contributed by atoms with Crippen molar-refractivity contribution in [3.63, 3.8) is 0 Å². The molecule has 4 aromatic rings. The van der Waals surface area contributed by atoms with E-state index < -0.39 is 0 Å². The van der Waals surface area contributed by atoms with E-state index >= 15 is 0 Å². The molecule has 0 aliphatic heterocycles. The second-order valence-corrected chi connectivity index (χ2v) is 5.83. The van der Waals surface area contributed by atoms with Crippen LogP contribution >= 0.6 is 0 Å². The zero-order valence-corrected chi connectivity index (χ0v) is 13.7. The molecule has 0 radical (unpaired) electrons. The maximum absolute atomic E-state index is 11.2. The van der Waals surface area contributed by atoms with Gasteiger partial charge in [-0.25, -0.2) is 4.98 Å². The van der Waals surface area contributed by atoms with Gasteiger partial charge in [0, 0.05) is 18.2 Å². The molecule has 0 bridgehead atoms. The van der Waals surface area contributed by atoms with Crippen molar-refractivity contribution in [2.45, 2.75) is 6.92 Å². The summed E-state index contributed by atoms with van der Waals surface area (Å²) in [4.78, 5) is 15.7. The molecule has 3 aromatic carbocycles. The number of carbonyl (C=O) groups excluding carboxylic acids is 1. The summed E-state index contributed by atoms with van der Waals surface area (Å²) < 4.78 is 5.84. The molecule has 1 aromatic heterocycles. The van der Waals surface area contributed by atoms with Gasteiger partial charge in [0.1, 0.15) is 5.52 Å². The van der Waals surface area contributed by atoms with Crippen LogP contribution in [0.1, 0.15) is 6.92 Å². The molecule has 0 atom stereocenters. The molecule has 122 valence electrons. The Morgan fingerprint density at radius 1 is 0.880 bits per heavy atom. The lowest BCUT2D eigenvalue weighted by atomic mass is 10.0. The summed E-state index contributed by atoms with van der Waals surface area (Å²) in [6.07, 6.45) is 0. The molecule has 4 nitrogen and oxygen atoms in total. The van der Waals surface area contributed by atoms with Crippen molar-refractivity contribution in [3.05, 3.63) is 72.8 Å². The van der Waals surface area contributed by atoms with E-state index in [1.54, 1.807) is 6.07 Å². The Morgan fingerprint density at radius 3 is 2.28 bits per heavy atom. The zero-order valence-electron chi connectivity index (χ0n) is 13.7. The highest BCUT2D eigenvalue weighted by molar-refractivity contribution is 5.91. The zero-order chi connectivity index (χ0) is 17.2. The summed E-state index contributed by atoms with van der Waals surface area (Å²) in [5, 5.41) is 2.75. The lowest BCUT2D eigenvalue weighted by Gasteiger charge is -2.02. The number of hydrogen-bond donors (Lipinski definition) is 1. The predicted octanol–water partition coefficient (Wildman–Crippen LogP) is 5.12. The largest absolute Gasteiger partial charge is 0.436 e. The minimum Gasteiger partial charge on any atom is -0.436 e. The van der Waals surface area contributed by atoms with Crippen LogP contribution in [-0.4, -0.2) is 10.9 Å². The molecule has 1 N–H and O–H groups in total. The van der Waals surface area contributed by atoms with E-state index in [1.165, 1.54) is 12.5 Å². The van der Waals surface area contributed by atoms with Crippen molar-refractivity contribution >= 4 is 22.7 Å². The van der Waals surface area contributed by atoms with Gasteiger partial charge in [0.25, 0.3) is 0 Å².